The number of hydrogen-bond donors (Lipinski definition) is 3. The lowest BCUT2D eigenvalue weighted by atomic mass is 10.0. The molecule has 0 fully saturated rings. The highest BCUT2D eigenvalue weighted by Crippen LogP contribution is 2.33. The van der Waals surface area contributed by atoms with Crippen LogP contribution >= 0.6 is 11.6 Å². The van der Waals surface area contributed by atoms with Gasteiger partial charge in [-0.15, -0.1) is 10.2 Å². The summed E-state index contributed by atoms with van der Waals surface area (Å²) in [5.74, 6) is 0.703. The Hall–Kier alpha value is -1.85. The molecule has 2 aromatic rings. The van der Waals surface area contributed by atoms with Crippen LogP contribution in [0.5, 0.6) is 5.75 Å². The van der Waals surface area contributed by atoms with Crippen LogP contribution in [0.4, 0.5) is 5.82 Å². The summed E-state index contributed by atoms with van der Waals surface area (Å²) in [6, 6.07) is 4.90. The zero-order valence-electron chi connectivity index (χ0n) is 12.2. The van der Waals surface area contributed by atoms with E-state index in [9.17, 15) is 10.2 Å². The molecule has 112 valence electrons. The number of aliphatic hydroxyl groups is 1. The molecule has 2 rings (SSSR count). The van der Waals surface area contributed by atoms with Gasteiger partial charge in [0, 0.05) is 17.1 Å². The smallest absolute Gasteiger partial charge is 0.151 e. The first-order valence-electron chi connectivity index (χ1n) is 6.65. The molecule has 0 radical (unpaired) electrons. The summed E-state index contributed by atoms with van der Waals surface area (Å²) in [5.41, 5.74) is 3.05. The molecule has 0 saturated carbocycles. The quantitative estimate of drug-likeness (QED) is 0.809. The first-order chi connectivity index (χ1) is 9.90. The normalized spacial score (nSPS) is 12.2. The number of phenols is 1. The highest BCUT2D eigenvalue weighted by molar-refractivity contribution is 6.30. The molecule has 1 aromatic heterocycles. The average molecular weight is 308 g/mol. The number of nitrogens with one attached hydrogen (secondary N) is 1. The lowest BCUT2D eigenvalue weighted by Gasteiger charge is -2.14. The number of anilines is 1. The van der Waals surface area contributed by atoms with Crippen molar-refractivity contribution in [1.29, 1.82) is 0 Å². The number of phenolic OH excluding ortho intramolecular Hbond substituents is 1. The fourth-order valence-electron chi connectivity index (χ4n) is 1.98. The van der Waals surface area contributed by atoms with Gasteiger partial charge in [-0.3, -0.25) is 0 Å². The van der Waals surface area contributed by atoms with Crippen molar-refractivity contribution in [1.82, 2.24) is 10.2 Å². The Balaban J connectivity index is 2.40. The Kier molecular flexibility index (Phi) is 4.65. The molecule has 0 aliphatic heterocycles. The maximum atomic E-state index is 10.0. The molecule has 0 spiro atoms. The van der Waals surface area contributed by atoms with E-state index in [1.54, 1.807) is 19.1 Å². The van der Waals surface area contributed by atoms with Crippen LogP contribution in [0.1, 0.15) is 18.1 Å². The van der Waals surface area contributed by atoms with E-state index >= 15 is 0 Å². The summed E-state index contributed by atoms with van der Waals surface area (Å²) in [5, 5.41) is 31.1. The highest BCUT2D eigenvalue weighted by atomic mass is 35.5. The van der Waals surface area contributed by atoms with Gasteiger partial charge in [0.05, 0.1) is 11.8 Å². The standard InChI is InChI=1S/C15H18ClN3O2/c1-8(20)7-17-15-10(3)9(2)14(18-19-15)12-5-4-11(16)6-13(12)21/h4-6,8,20-21H,7H2,1-3H3,(H,17,19)/t8-/m1/s1. The molecule has 0 amide bonds. The molecule has 1 heterocycles. The van der Waals surface area contributed by atoms with Gasteiger partial charge in [-0.25, -0.2) is 0 Å². The minimum atomic E-state index is -0.466. The number of rotatable bonds is 4. The maximum absolute atomic E-state index is 10.0. The van der Waals surface area contributed by atoms with Crippen LogP contribution in [0.2, 0.25) is 5.02 Å². The molecule has 0 unspecified atom stereocenters. The number of hydrogen-bond acceptors (Lipinski definition) is 5. The van der Waals surface area contributed by atoms with Crippen LogP contribution in [0.25, 0.3) is 11.3 Å². The first kappa shape index (κ1) is 15.5. The van der Waals surface area contributed by atoms with Crippen LogP contribution in [0.15, 0.2) is 18.2 Å². The minimum Gasteiger partial charge on any atom is -0.507 e. The zero-order valence-corrected chi connectivity index (χ0v) is 12.9. The second-order valence-corrected chi connectivity index (χ2v) is 5.48. The van der Waals surface area contributed by atoms with Gasteiger partial charge in [0.1, 0.15) is 5.75 Å². The number of halogens is 1. The summed E-state index contributed by atoms with van der Waals surface area (Å²) in [6.45, 7) is 5.94. The summed E-state index contributed by atoms with van der Waals surface area (Å²) in [4.78, 5) is 0. The van der Waals surface area contributed by atoms with Crippen molar-refractivity contribution in [3.8, 4) is 17.0 Å². The van der Waals surface area contributed by atoms with Crippen molar-refractivity contribution in [2.45, 2.75) is 26.9 Å². The molecule has 1 aromatic carbocycles. The predicted molar refractivity (Wildman–Crippen MR) is 83.8 cm³/mol. The number of benzene rings is 1. The van der Waals surface area contributed by atoms with Crippen molar-refractivity contribution < 1.29 is 10.2 Å². The average Bonchev–Trinajstić information content (AvgIpc) is 2.41. The third-order valence-corrected chi connectivity index (χ3v) is 3.54. The number of aromatic hydroxyl groups is 1. The molecule has 0 aliphatic carbocycles. The predicted octanol–water partition coefficient (Wildman–Crippen LogP) is 2.91. The van der Waals surface area contributed by atoms with Crippen LogP contribution in [0.3, 0.4) is 0 Å². The second kappa shape index (κ2) is 6.28. The van der Waals surface area contributed by atoms with Crippen molar-refractivity contribution in [3.63, 3.8) is 0 Å². The van der Waals surface area contributed by atoms with Crippen LogP contribution in [-0.4, -0.2) is 33.1 Å². The lowest BCUT2D eigenvalue weighted by molar-refractivity contribution is 0.208. The fourth-order valence-corrected chi connectivity index (χ4v) is 2.14. The van der Waals surface area contributed by atoms with Crippen LogP contribution < -0.4 is 5.32 Å². The van der Waals surface area contributed by atoms with Gasteiger partial charge in [0.15, 0.2) is 5.82 Å². The monoisotopic (exact) mass is 307 g/mol. The van der Waals surface area contributed by atoms with Gasteiger partial charge < -0.3 is 15.5 Å². The Bertz CT molecular complexity index is 660. The van der Waals surface area contributed by atoms with Crippen molar-refractivity contribution in [2.75, 3.05) is 11.9 Å². The Labute approximate surface area is 128 Å². The van der Waals surface area contributed by atoms with Gasteiger partial charge >= 0.3 is 0 Å². The summed E-state index contributed by atoms with van der Waals surface area (Å²) in [7, 11) is 0. The third kappa shape index (κ3) is 3.43. The van der Waals surface area contributed by atoms with Gasteiger partial charge in [0.2, 0.25) is 0 Å². The molecule has 1 atom stereocenters. The highest BCUT2D eigenvalue weighted by Gasteiger charge is 2.14. The molecule has 6 heteroatoms. The summed E-state index contributed by atoms with van der Waals surface area (Å²) >= 11 is 5.84. The topological polar surface area (TPSA) is 78.3 Å². The van der Waals surface area contributed by atoms with E-state index in [-0.39, 0.29) is 5.75 Å². The molecule has 0 aliphatic rings. The fraction of sp³-hybridized carbons (Fsp3) is 0.333. The molecule has 0 bridgehead atoms. The van der Waals surface area contributed by atoms with E-state index in [4.69, 9.17) is 11.6 Å². The minimum absolute atomic E-state index is 0.0731. The van der Waals surface area contributed by atoms with Crippen molar-refractivity contribution >= 4 is 17.4 Å². The number of aromatic nitrogens is 2. The van der Waals surface area contributed by atoms with Crippen LogP contribution in [-0.2, 0) is 0 Å². The summed E-state index contributed by atoms with van der Waals surface area (Å²) in [6.07, 6.45) is -0.466. The van der Waals surface area contributed by atoms with Crippen molar-refractivity contribution in [3.05, 3.63) is 34.3 Å². The largest absolute Gasteiger partial charge is 0.507 e. The van der Waals surface area contributed by atoms with Crippen molar-refractivity contribution in [2.24, 2.45) is 0 Å². The number of nitrogens with zero attached hydrogens (tertiary/aromatic N) is 2. The van der Waals surface area contributed by atoms with E-state index in [2.05, 4.69) is 15.5 Å². The third-order valence-electron chi connectivity index (χ3n) is 3.30. The maximum Gasteiger partial charge on any atom is 0.151 e. The van der Waals surface area contributed by atoms with E-state index in [1.807, 2.05) is 13.8 Å². The van der Waals surface area contributed by atoms with Gasteiger partial charge in [0.25, 0.3) is 0 Å². The van der Waals surface area contributed by atoms with Gasteiger partial charge in [-0.2, -0.15) is 0 Å². The van der Waals surface area contributed by atoms with Gasteiger partial charge in [-0.1, -0.05) is 11.6 Å². The Morgan fingerprint density at radius 3 is 2.57 bits per heavy atom. The molecule has 3 N–H and O–H groups in total. The first-order valence-corrected chi connectivity index (χ1v) is 7.02. The van der Waals surface area contributed by atoms with E-state index in [0.717, 1.165) is 11.1 Å². The Morgan fingerprint density at radius 2 is 1.95 bits per heavy atom. The lowest BCUT2D eigenvalue weighted by Crippen LogP contribution is -2.17. The second-order valence-electron chi connectivity index (χ2n) is 5.04. The van der Waals surface area contributed by atoms with Gasteiger partial charge in [-0.05, 0) is 50.1 Å². The van der Waals surface area contributed by atoms with E-state index in [1.165, 1.54) is 6.07 Å². The van der Waals surface area contributed by atoms with E-state index in [0.29, 0.717) is 28.6 Å². The molecule has 0 saturated heterocycles. The van der Waals surface area contributed by atoms with Crippen LogP contribution in [0, 0.1) is 13.8 Å². The molecule has 21 heavy (non-hydrogen) atoms. The number of aliphatic hydroxyl groups excluding tert-OH is 1. The zero-order chi connectivity index (χ0) is 15.6. The molecule has 5 nitrogen and oxygen atoms in total. The summed E-state index contributed by atoms with van der Waals surface area (Å²) < 4.78 is 0. The SMILES string of the molecule is Cc1c(NC[C@@H](C)O)nnc(-c2ccc(Cl)cc2O)c1C. The Morgan fingerprint density at radius 1 is 1.24 bits per heavy atom. The molecular weight excluding hydrogens is 290 g/mol. The molecular formula is C15H18ClN3O2. The van der Waals surface area contributed by atoms with E-state index < -0.39 is 6.10 Å².